The van der Waals surface area contributed by atoms with Crippen molar-refractivity contribution in [3.8, 4) is 11.8 Å². The van der Waals surface area contributed by atoms with Crippen LogP contribution < -0.4 is 5.32 Å². The summed E-state index contributed by atoms with van der Waals surface area (Å²) in [5, 5.41) is 23.0. The number of rotatable bonds is 3. The second kappa shape index (κ2) is 5.75. The fourth-order valence-corrected chi connectivity index (χ4v) is 1.76. The molecule has 0 saturated carbocycles. The Morgan fingerprint density at radius 3 is 2.60 bits per heavy atom. The zero-order valence-corrected chi connectivity index (χ0v) is 11.4. The van der Waals surface area contributed by atoms with Crippen LogP contribution in [0, 0.1) is 0 Å². The number of aromatic nitrogens is 1. The zero-order chi connectivity index (χ0) is 14.7. The number of halogens is 1. The van der Waals surface area contributed by atoms with Crippen LogP contribution in [0.4, 0.5) is 16.2 Å². The minimum absolute atomic E-state index is 0.135. The Labute approximate surface area is 120 Å². The van der Waals surface area contributed by atoms with Crippen molar-refractivity contribution >= 4 is 29.1 Å². The van der Waals surface area contributed by atoms with E-state index in [-0.39, 0.29) is 12.3 Å². The Bertz CT molecular complexity index is 622. The fraction of sp³-hybridized carbons (Fsp3) is 0.154. The van der Waals surface area contributed by atoms with E-state index in [0.29, 0.717) is 15.3 Å². The van der Waals surface area contributed by atoms with Crippen LogP contribution in [-0.2, 0) is 4.74 Å². The third-order valence-electron chi connectivity index (χ3n) is 2.53. The number of hydrogen-bond donors (Lipinski definition) is 3. The summed E-state index contributed by atoms with van der Waals surface area (Å²) in [5.74, 6) is -0.853. The Kier molecular flexibility index (Phi) is 4.05. The van der Waals surface area contributed by atoms with Gasteiger partial charge in [-0.2, -0.15) is 4.57 Å². The monoisotopic (exact) mass is 296 g/mol. The molecule has 0 aliphatic rings. The van der Waals surface area contributed by atoms with Crippen LogP contribution in [0.5, 0.6) is 11.8 Å². The smallest absolute Gasteiger partial charge is 0.423 e. The Morgan fingerprint density at radius 1 is 1.35 bits per heavy atom. The minimum atomic E-state index is -0.855. The molecule has 0 radical (unpaired) electrons. The summed E-state index contributed by atoms with van der Waals surface area (Å²) in [4.78, 5) is 11.6. The summed E-state index contributed by atoms with van der Waals surface area (Å²) >= 11 is 5.77. The second-order valence-electron chi connectivity index (χ2n) is 3.91. The van der Waals surface area contributed by atoms with Gasteiger partial charge in [0.25, 0.3) is 0 Å². The first-order chi connectivity index (χ1) is 9.52. The molecule has 20 heavy (non-hydrogen) atoms. The molecule has 6 nitrogen and oxygen atoms in total. The van der Waals surface area contributed by atoms with Gasteiger partial charge in [-0.05, 0) is 31.2 Å². The van der Waals surface area contributed by atoms with Gasteiger partial charge >= 0.3 is 6.09 Å². The molecule has 0 amide bonds. The molecule has 0 atom stereocenters. The molecule has 1 aromatic heterocycles. The van der Waals surface area contributed by atoms with Crippen molar-refractivity contribution in [2.45, 2.75) is 6.92 Å². The van der Waals surface area contributed by atoms with Gasteiger partial charge in [0.1, 0.15) is 5.69 Å². The van der Waals surface area contributed by atoms with E-state index in [9.17, 15) is 15.0 Å². The second-order valence-corrected chi connectivity index (χ2v) is 4.34. The number of ether oxygens (including phenoxy) is 1. The molecule has 0 unspecified atom stereocenters. The van der Waals surface area contributed by atoms with Crippen LogP contribution in [-0.4, -0.2) is 27.5 Å². The van der Waals surface area contributed by atoms with Gasteiger partial charge in [0.05, 0.1) is 6.61 Å². The number of carbonyl (C=O) groups is 1. The van der Waals surface area contributed by atoms with Crippen LogP contribution in [0.15, 0.2) is 30.3 Å². The first-order valence-corrected chi connectivity index (χ1v) is 6.24. The number of aromatic hydroxyl groups is 2. The number of nitrogens with one attached hydrogen (secondary N) is 1. The van der Waals surface area contributed by atoms with Crippen molar-refractivity contribution in [1.82, 2.24) is 4.57 Å². The topological polar surface area (TPSA) is 83.7 Å². The Balaban J connectivity index is 2.27. The molecule has 1 heterocycles. The van der Waals surface area contributed by atoms with Gasteiger partial charge < -0.3 is 20.3 Å². The number of hydrogen-bond acceptors (Lipinski definition) is 5. The highest BCUT2D eigenvalue weighted by Gasteiger charge is 2.20. The highest BCUT2D eigenvalue weighted by molar-refractivity contribution is 6.30. The SMILES string of the molecule is CCOC(=O)n1c(O)cc(Nc2ccc(Cl)cc2)c1O. The molecule has 2 rings (SSSR count). The van der Waals surface area contributed by atoms with Gasteiger partial charge in [-0.25, -0.2) is 4.79 Å². The average molecular weight is 297 g/mol. The highest BCUT2D eigenvalue weighted by atomic mass is 35.5. The molecule has 0 bridgehead atoms. The van der Waals surface area contributed by atoms with E-state index in [2.05, 4.69) is 5.32 Å². The lowest BCUT2D eigenvalue weighted by Crippen LogP contribution is -2.12. The van der Waals surface area contributed by atoms with Gasteiger partial charge in [0.2, 0.25) is 11.8 Å². The number of carbonyl (C=O) groups excluding carboxylic acids is 1. The standard InChI is InChI=1S/C13H13ClN2O4/c1-2-20-13(19)16-11(17)7-10(12(16)18)15-9-5-3-8(14)4-6-9/h3-7,15,17-18H,2H2,1H3. The van der Waals surface area contributed by atoms with E-state index in [1.165, 1.54) is 6.07 Å². The van der Waals surface area contributed by atoms with Crippen molar-refractivity contribution in [3.63, 3.8) is 0 Å². The lowest BCUT2D eigenvalue weighted by atomic mass is 10.3. The zero-order valence-electron chi connectivity index (χ0n) is 10.6. The van der Waals surface area contributed by atoms with Gasteiger partial charge in [0.15, 0.2) is 0 Å². The average Bonchev–Trinajstić information content (AvgIpc) is 2.67. The summed E-state index contributed by atoms with van der Waals surface area (Å²) in [6, 6.07) is 7.95. The normalized spacial score (nSPS) is 10.3. The first kappa shape index (κ1) is 14.1. The molecule has 0 spiro atoms. The molecule has 2 aromatic rings. The van der Waals surface area contributed by atoms with Crippen molar-refractivity contribution in [3.05, 3.63) is 35.4 Å². The molecule has 7 heteroatoms. The predicted molar refractivity (Wildman–Crippen MR) is 74.9 cm³/mol. The number of benzene rings is 1. The first-order valence-electron chi connectivity index (χ1n) is 5.86. The van der Waals surface area contributed by atoms with Crippen molar-refractivity contribution in [2.75, 3.05) is 11.9 Å². The van der Waals surface area contributed by atoms with Gasteiger partial charge in [-0.15, -0.1) is 0 Å². The highest BCUT2D eigenvalue weighted by Crippen LogP contribution is 2.34. The molecular formula is C13H13ClN2O4. The van der Waals surface area contributed by atoms with Crippen LogP contribution in [0.25, 0.3) is 0 Å². The van der Waals surface area contributed by atoms with E-state index in [0.717, 1.165) is 0 Å². The summed E-state index contributed by atoms with van der Waals surface area (Å²) in [7, 11) is 0. The Morgan fingerprint density at radius 2 is 2.00 bits per heavy atom. The van der Waals surface area contributed by atoms with Crippen LogP contribution >= 0.6 is 11.6 Å². The molecule has 0 saturated heterocycles. The third kappa shape index (κ3) is 2.80. The lowest BCUT2D eigenvalue weighted by Gasteiger charge is -2.07. The Hall–Kier alpha value is -2.34. The van der Waals surface area contributed by atoms with Crippen LogP contribution in [0.3, 0.4) is 0 Å². The van der Waals surface area contributed by atoms with Crippen molar-refractivity contribution in [2.24, 2.45) is 0 Å². The summed E-state index contributed by atoms with van der Waals surface area (Å²) < 4.78 is 5.40. The van der Waals surface area contributed by atoms with Gasteiger partial charge in [0, 0.05) is 16.8 Å². The van der Waals surface area contributed by atoms with E-state index in [4.69, 9.17) is 16.3 Å². The predicted octanol–water partition coefficient (Wildman–Crippen LogP) is 3.30. The molecule has 106 valence electrons. The fourth-order valence-electron chi connectivity index (χ4n) is 1.64. The summed E-state index contributed by atoms with van der Waals surface area (Å²) in [5.41, 5.74) is 0.823. The summed E-state index contributed by atoms with van der Waals surface area (Å²) in [6.45, 7) is 1.76. The van der Waals surface area contributed by atoms with E-state index >= 15 is 0 Å². The van der Waals surface area contributed by atoms with Crippen molar-refractivity contribution < 1.29 is 19.7 Å². The van der Waals surface area contributed by atoms with Gasteiger partial charge in [-0.1, -0.05) is 11.6 Å². The maximum Gasteiger partial charge on any atom is 0.423 e. The van der Waals surface area contributed by atoms with Crippen LogP contribution in [0.1, 0.15) is 6.92 Å². The van der Waals surface area contributed by atoms with Crippen LogP contribution in [0.2, 0.25) is 5.02 Å². The number of anilines is 2. The maximum atomic E-state index is 11.6. The molecular weight excluding hydrogens is 284 g/mol. The molecule has 0 fully saturated rings. The van der Waals surface area contributed by atoms with Gasteiger partial charge in [-0.3, -0.25) is 0 Å². The minimum Gasteiger partial charge on any atom is -0.494 e. The lowest BCUT2D eigenvalue weighted by molar-refractivity contribution is 0.148. The number of nitrogens with zero attached hydrogens (tertiary/aromatic N) is 1. The molecule has 1 aromatic carbocycles. The third-order valence-corrected chi connectivity index (χ3v) is 2.78. The summed E-state index contributed by atoms with van der Waals surface area (Å²) in [6.07, 6.45) is -0.855. The maximum absolute atomic E-state index is 11.6. The molecule has 0 aliphatic carbocycles. The quantitative estimate of drug-likeness (QED) is 0.809. The molecule has 0 aliphatic heterocycles. The van der Waals surface area contributed by atoms with E-state index < -0.39 is 17.9 Å². The molecule has 3 N–H and O–H groups in total. The van der Waals surface area contributed by atoms with E-state index in [1.807, 2.05) is 0 Å². The van der Waals surface area contributed by atoms with Crippen molar-refractivity contribution in [1.29, 1.82) is 0 Å². The largest absolute Gasteiger partial charge is 0.494 e. The van der Waals surface area contributed by atoms with E-state index in [1.54, 1.807) is 31.2 Å².